The number of rotatable bonds is 2. The van der Waals surface area contributed by atoms with E-state index in [1.54, 1.807) is 11.3 Å². The van der Waals surface area contributed by atoms with Gasteiger partial charge in [-0.2, -0.15) is 0 Å². The molecule has 1 atom stereocenters. The SMILES string of the molecule is Cc1nc(C(O)C2=CCCCC2)cs1. The van der Waals surface area contributed by atoms with Crippen LogP contribution in [0.1, 0.15) is 42.5 Å². The minimum Gasteiger partial charge on any atom is -0.382 e. The van der Waals surface area contributed by atoms with Crippen LogP contribution in [-0.2, 0) is 0 Å². The quantitative estimate of drug-likeness (QED) is 0.760. The third kappa shape index (κ3) is 2.04. The van der Waals surface area contributed by atoms with Gasteiger partial charge in [0.25, 0.3) is 0 Å². The van der Waals surface area contributed by atoms with Crippen LogP contribution >= 0.6 is 11.3 Å². The van der Waals surface area contributed by atoms with E-state index in [-0.39, 0.29) is 0 Å². The molecule has 1 aliphatic rings. The second kappa shape index (κ2) is 4.24. The van der Waals surface area contributed by atoms with Crippen LogP contribution in [0.3, 0.4) is 0 Å². The summed E-state index contributed by atoms with van der Waals surface area (Å²) in [4.78, 5) is 4.31. The van der Waals surface area contributed by atoms with Crippen molar-refractivity contribution < 1.29 is 5.11 Å². The van der Waals surface area contributed by atoms with E-state index in [1.165, 1.54) is 12.8 Å². The first-order valence-electron chi connectivity index (χ1n) is 5.06. The van der Waals surface area contributed by atoms with Gasteiger partial charge in [-0.05, 0) is 38.2 Å². The lowest BCUT2D eigenvalue weighted by atomic mass is 9.94. The average molecular weight is 209 g/mol. The molecule has 0 aliphatic heterocycles. The van der Waals surface area contributed by atoms with Gasteiger partial charge in [0.05, 0.1) is 10.7 Å². The minimum absolute atomic E-state index is 0.458. The molecule has 3 heteroatoms. The zero-order valence-electron chi connectivity index (χ0n) is 8.36. The maximum Gasteiger partial charge on any atom is 0.118 e. The standard InChI is InChI=1S/C11H15NOS/c1-8-12-10(7-14-8)11(13)9-5-3-2-4-6-9/h5,7,11,13H,2-4,6H2,1H3. The molecule has 0 bridgehead atoms. The van der Waals surface area contributed by atoms with E-state index >= 15 is 0 Å². The van der Waals surface area contributed by atoms with E-state index in [0.29, 0.717) is 0 Å². The van der Waals surface area contributed by atoms with Crippen molar-refractivity contribution in [1.82, 2.24) is 4.98 Å². The number of aryl methyl sites for hydroxylation is 1. The Morgan fingerprint density at radius 3 is 2.93 bits per heavy atom. The van der Waals surface area contributed by atoms with E-state index in [0.717, 1.165) is 29.1 Å². The Morgan fingerprint density at radius 2 is 2.36 bits per heavy atom. The number of allylic oxidation sites excluding steroid dienone is 1. The lowest BCUT2D eigenvalue weighted by Gasteiger charge is -2.16. The molecule has 0 spiro atoms. The minimum atomic E-state index is -0.458. The number of thiazole rings is 1. The topological polar surface area (TPSA) is 33.1 Å². The molecule has 1 N–H and O–H groups in total. The average Bonchev–Trinajstić information content (AvgIpc) is 2.65. The second-order valence-electron chi connectivity index (χ2n) is 3.72. The fourth-order valence-corrected chi connectivity index (χ4v) is 2.44. The normalized spacial score (nSPS) is 19.1. The van der Waals surface area contributed by atoms with Crippen molar-refractivity contribution in [3.05, 3.63) is 27.7 Å². The molecule has 0 aromatic carbocycles. The van der Waals surface area contributed by atoms with Crippen LogP contribution in [-0.4, -0.2) is 10.1 Å². The molecule has 0 saturated heterocycles. The predicted molar refractivity (Wildman–Crippen MR) is 58.4 cm³/mol. The van der Waals surface area contributed by atoms with E-state index in [4.69, 9.17) is 0 Å². The Labute approximate surface area is 88.3 Å². The van der Waals surface area contributed by atoms with Gasteiger partial charge in [0, 0.05) is 5.38 Å². The smallest absolute Gasteiger partial charge is 0.118 e. The van der Waals surface area contributed by atoms with Crippen LogP contribution in [0.25, 0.3) is 0 Å². The first-order valence-corrected chi connectivity index (χ1v) is 5.94. The first-order chi connectivity index (χ1) is 6.77. The summed E-state index contributed by atoms with van der Waals surface area (Å²) in [5.41, 5.74) is 1.97. The summed E-state index contributed by atoms with van der Waals surface area (Å²) >= 11 is 1.60. The van der Waals surface area contributed by atoms with Gasteiger partial charge >= 0.3 is 0 Å². The Hall–Kier alpha value is -0.670. The third-order valence-electron chi connectivity index (χ3n) is 2.59. The highest BCUT2D eigenvalue weighted by Crippen LogP contribution is 2.29. The summed E-state index contributed by atoms with van der Waals surface area (Å²) < 4.78 is 0. The number of hydrogen-bond acceptors (Lipinski definition) is 3. The lowest BCUT2D eigenvalue weighted by Crippen LogP contribution is -2.05. The van der Waals surface area contributed by atoms with Gasteiger partial charge in [0.15, 0.2) is 0 Å². The Balaban J connectivity index is 2.14. The lowest BCUT2D eigenvalue weighted by molar-refractivity contribution is 0.204. The Bertz CT molecular complexity index is 343. The monoisotopic (exact) mass is 209 g/mol. The summed E-state index contributed by atoms with van der Waals surface area (Å²) in [7, 11) is 0. The molecular weight excluding hydrogens is 194 g/mol. The van der Waals surface area contributed by atoms with Gasteiger partial charge in [-0.1, -0.05) is 6.08 Å². The van der Waals surface area contributed by atoms with Crippen LogP contribution < -0.4 is 0 Å². The van der Waals surface area contributed by atoms with Gasteiger partial charge in [0.1, 0.15) is 6.10 Å². The van der Waals surface area contributed by atoms with E-state index in [1.807, 2.05) is 12.3 Å². The molecular formula is C11H15NOS. The van der Waals surface area contributed by atoms with Gasteiger partial charge in [-0.3, -0.25) is 0 Å². The molecule has 76 valence electrons. The number of aliphatic hydroxyl groups excluding tert-OH is 1. The molecule has 1 unspecified atom stereocenters. The van der Waals surface area contributed by atoms with Gasteiger partial charge < -0.3 is 5.11 Å². The van der Waals surface area contributed by atoms with E-state index in [9.17, 15) is 5.11 Å². The van der Waals surface area contributed by atoms with Crippen LogP contribution in [0, 0.1) is 6.92 Å². The van der Waals surface area contributed by atoms with Gasteiger partial charge in [-0.25, -0.2) is 4.98 Å². The largest absolute Gasteiger partial charge is 0.382 e. The van der Waals surface area contributed by atoms with Crippen molar-refractivity contribution >= 4 is 11.3 Å². The van der Waals surface area contributed by atoms with Crippen molar-refractivity contribution in [2.45, 2.75) is 38.7 Å². The molecule has 2 nitrogen and oxygen atoms in total. The molecule has 1 aromatic heterocycles. The predicted octanol–water partition coefficient (Wildman–Crippen LogP) is 2.99. The number of nitrogens with zero attached hydrogens (tertiary/aromatic N) is 1. The van der Waals surface area contributed by atoms with Crippen molar-refractivity contribution in [3.63, 3.8) is 0 Å². The zero-order valence-corrected chi connectivity index (χ0v) is 9.18. The molecule has 0 radical (unpaired) electrons. The third-order valence-corrected chi connectivity index (χ3v) is 3.39. The summed E-state index contributed by atoms with van der Waals surface area (Å²) in [5, 5.41) is 13.0. The van der Waals surface area contributed by atoms with Crippen molar-refractivity contribution in [1.29, 1.82) is 0 Å². The molecule has 2 rings (SSSR count). The van der Waals surface area contributed by atoms with Crippen molar-refractivity contribution in [3.8, 4) is 0 Å². The Morgan fingerprint density at radius 1 is 1.50 bits per heavy atom. The van der Waals surface area contributed by atoms with E-state index < -0.39 is 6.10 Å². The fourth-order valence-electron chi connectivity index (χ4n) is 1.81. The van der Waals surface area contributed by atoms with Crippen molar-refractivity contribution in [2.24, 2.45) is 0 Å². The molecule has 1 heterocycles. The maximum absolute atomic E-state index is 10.0. The van der Waals surface area contributed by atoms with Crippen LogP contribution in [0.15, 0.2) is 17.0 Å². The zero-order chi connectivity index (χ0) is 9.97. The molecule has 14 heavy (non-hydrogen) atoms. The summed E-state index contributed by atoms with van der Waals surface area (Å²) in [6.45, 7) is 1.97. The number of aromatic nitrogens is 1. The van der Waals surface area contributed by atoms with Crippen LogP contribution in [0.4, 0.5) is 0 Å². The molecule has 1 aromatic rings. The first kappa shape index (κ1) is 9.87. The highest BCUT2D eigenvalue weighted by molar-refractivity contribution is 7.09. The van der Waals surface area contributed by atoms with Crippen LogP contribution in [0.5, 0.6) is 0 Å². The molecule has 1 aliphatic carbocycles. The second-order valence-corrected chi connectivity index (χ2v) is 4.78. The molecule has 0 fully saturated rings. The Kier molecular flexibility index (Phi) is 2.99. The summed E-state index contributed by atoms with van der Waals surface area (Å²) in [6, 6.07) is 0. The van der Waals surface area contributed by atoms with Gasteiger partial charge in [-0.15, -0.1) is 11.3 Å². The maximum atomic E-state index is 10.0. The number of aliphatic hydroxyl groups is 1. The number of hydrogen-bond donors (Lipinski definition) is 1. The van der Waals surface area contributed by atoms with E-state index in [2.05, 4.69) is 11.1 Å². The van der Waals surface area contributed by atoms with Gasteiger partial charge in [0.2, 0.25) is 0 Å². The fraction of sp³-hybridized carbons (Fsp3) is 0.545. The summed E-state index contributed by atoms with van der Waals surface area (Å²) in [5.74, 6) is 0. The highest BCUT2D eigenvalue weighted by atomic mass is 32.1. The molecule has 0 saturated carbocycles. The summed E-state index contributed by atoms with van der Waals surface area (Å²) in [6.07, 6.45) is 6.30. The highest BCUT2D eigenvalue weighted by Gasteiger charge is 2.17. The van der Waals surface area contributed by atoms with Crippen LogP contribution in [0.2, 0.25) is 0 Å². The molecule has 0 amide bonds. The van der Waals surface area contributed by atoms with Crippen molar-refractivity contribution in [2.75, 3.05) is 0 Å².